The minimum Gasteiger partial charge on any atom is -0.388 e. The van der Waals surface area contributed by atoms with Gasteiger partial charge < -0.3 is 10.8 Å². The van der Waals surface area contributed by atoms with E-state index in [9.17, 15) is 5.11 Å². The van der Waals surface area contributed by atoms with Crippen molar-refractivity contribution in [1.82, 2.24) is 0 Å². The maximum absolute atomic E-state index is 10.0. The van der Waals surface area contributed by atoms with E-state index in [-0.39, 0.29) is 0 Å². The molecule has 1 fully saturated rings. The average Bonchev–Trinajstić information content (AvgIpc) is 2.55. The first-order valence-corrected chi connectivity index (χ1v) is 4.65. The highest BCUT2D eigenvalue weighted by Crippen LogP contribution is 2.35. The lowest BCUT2D eigenvalue weighted by Crippen LogP contribution is -2.43. The standard InChI is InChI=1S/C9H19NO/c1-2-9(11,7-10)8-5-3-4-6-8/h8,11H,2-7,10H2,1H3. The Balaban J connectivity index is 2.52. The Labute approximate surface area is 68.8 Å². The van der Waals surface area contributed by atoms with Crippen LogP contribution in [0.3, 0.4) is 0 Å². The predicted octanol–water partition coefficient (Wildman–Crippen LogP) is 1.28. The molecular formula is C9H19NO. The molecule has 0 bridgehead atoms. The van der Waals surface area contributed by atoms with E-state index in [1.807, 2.05) is 6.92 Å². The lowest BCUT2D eigenvalue weighted by atomic mass is 9.84. The number of aliphatic hydroxyl groups is 1. The maximum atomic E-state index is 10.0. The first kappa shape index (κ1) is 9.01. The van der Waals surface area contributed by atoms with Crippen molar-refractivity contribution >= 4 is 0 Å². The number of hydrogen-bond acceptors (Lipinski definition) is 2. The summed E-state index contributed by atoms with van der Waals surface area (Å²) < 4.78 is 0. The second-order valence-corrected chi connectivity index (χ2v) is 3.64. The molecule has 1 unspecified atom stereocenters. The normalized spacial score (nSPS) is 25.4. The molecule has 11 heavy (non-hydrogen) atoms. The van der Waals surface area contributed by atoms with Crippen molar-refractivity contribution in [2.75, 3.05) is 6.54 Å². The van der Waals surface area contributed by atoms with Crippen LogP contribution in [0.4, 0.5) is 0 Å². The Morgan fingerprint density at radius 3 is 2.36 bits per heavy atom. The summed E-state index contributed by atoms with van der Waals surface area (Å²) in [6.45, 7) is 2.44. The van der Waals surface area contributed by atoms with Crippen LogP contribution in [0.5, 0.6) is 0 Å². The molecular weight excluding hydrogens is 138 g/mol. The highest BCUT2D eigenvalue weighted by atomic mass is 16.3. The smallest absolute Gasteiger partial charge is 0.0794 e. The van der Waals surface area contributed by atoms with E-state index in [1.165, 1.54) is 25.7 Å². The summed E-state index contributed by atoms with van der Waals surface area (Å²) in [6.07, 6.45) is 5.68. The second-order valence-electron chi connectivity index (χ2n) is 3.64. The lowest BCUT2D eigenvalue weighted by molar-refractivity contribution is -0.0113. The summed E-state index contributed by atoms with van der Waals surface area (Å²) in [7, 11) is 0. The van der Waals surface area contributed by atoms with Gasteiger partial charge in [0.05, 0.1) is 5.60 Å². The summed E-state index contributed by atoms with van der Waals surface area (Å²) in [5.41, 5.74) is 4.99. The van der Waals surface area contributed by atoms with E-state index >= 15 is 0 Å². The van der Waals surface area contributed by atoms with Gasteiger partial charge in [0.2, 0.25) is 0 Å². The zero-order chi connectivity index (χ0) is 8.32. The van der Waals surface area contributed by atoms with E-state index in [1.54, 1.807) is 0 Å². The highest BCUT2D eigenvalue weighted by molar-refractivity contribution is 4.88. The summed E-state index contributed by atoms with van der Waals surface area (Å²) in [5, 5.41) is 10.0. The molecule has 1 saturated carbocycles. The zero-order valence-electron chi connectivity index (χ0n) is 7.34. The molecule has 66 valence electrons. The molecule has 1 aliphatic carbocycles. The van der Waals surface area contributed by atoms with Gasteiger partial charge in [-0.05, 0) is 25.2 Å². The molecule has 1 atom stereocenters. The molecule has 0 spiro atoms. The maximum Gasteiger partial charge on any atom is 0.0794 e. The molecule has 0 saturated heterocycles. The van der Waals surface area contributed by atoms with Crippen molar-refractivity contribution in [3.05, 3.63) is 0 Å². The van der Waals surface area contributed by atoms with Crippen molar-refractivity contribution < 1.29 is 5.11 Å². The Hall–Kier alpha value is -0.0800. The molecule has 0 aromatic heterocycles. The largest absolute Gasteiger partial charge is 0.388 e. The van der Waals surface area contributed by atoms with E-state index in [0.29, 0.717) is 12.5 Å². The summed E-state index contributed by atoms with van der Waals surface area (Å²) in [6, 6.07) is 0. The topological polar surface area (TPSA) is 46.2 Å². The van der Waals surface area contributed by atoms with Crippen LogP contribution in [0.25, 0.3) is 0 Å². The Kier molecular flexibility index (Phi) is 2.90. The molecule has 0 aromatic rings. The summed E-state index contributed by atoms with van der Waals surface area (Å²) in [4.78, 5) is 0. The van der Waals surface area contributed by atoms with Crippen LogP contribution < -0.4 is 5.73 Å². The SMILES string of the molecule is CCC(O)(CN)C1CCCC1. The minimum atomic E-state index is -0.559. The van der Waals surface area contributed by atoms with Gasteiger partial charge in [-0.25, -0.2) is 0 Å². The van der Waals surface area contributed by atoms with E-state index < -0.39 is 5.60 Å². The van der Waals surface area contributed by atoms with Crippen molar-refractivity contribution in [2.45, 2.75) is 44.6 Å². The van der Waals surface area contributed by atoms with Gasteiger partial charge in [-0.3, -0.25) is 0 Å². The molecule has 0 heterocycles. The zero-order valence-corrected chi connectivity index (χ0v) is 7.34. The van der Waals surface area contributed by atoms with E-state index in [4.69, 9.17) is 5.73 Å². The second kappa shape index (κ2) is 3.55. The third-order valence-electron chi connectivity index (χ3n) is 3.08. The van der Waals surface area contributed by atoms with E-state index in [0.717, 1.165) is 6.42 Å². The molecule has 0 amide bonds. The quantitative estimate of drug-likeness (QED) is 0.648. The van der Waals surface area contributed by atoms with Gasteiger partial charge in [-0.2, -0.15) is 0 Å². The third kappa shape index (κ3) is 1.74. The predicted molar refractivity (Wildman–Crippen MR) is 46.3 cm³/mol. The Bertz CT molecular complexity index is 115. The fourth-order valence-corrected chi connectivity index (χ4v) is 2.06. The van der Waals surface area contributed by atoms with Crippen molar-refractivity contribution in [1.29, 1.82) is 0 Å². The fraction of sp³-hybridized carbons (Fsp3) is 1.00. The van der Waals surface area contributed by atoms with Gasteiger partial charge in [0.25, 0.3) is 0 Å². The summed E-state index contributed by atoms with van der Waals surface area (Å²) >= 11 is 0. The number of hydrogen-bond donors (Lipinski definition) is 2. The first-order chi connectivity index (χ1) is 5.23. The van der Waals surface area contributed by atoms with Crippen molar-refractivity contribution in [2.24, 2.45) is 11.7 Å². The van der Waals surface area contributed by atoms with Gasteiger partial charge >= 0.3 is 0 Å². The lowest BCUT2D eigenvalue weighted by Gasteiger charge is -2.31. The van der Waals surface area contributed by atoms with Gasteiger partial charge in [-0.1, -0.05) is 19.8 Å². The molecule has 2 nitrogen and oxygen atoms in total. The molecule has 1 aliphatic rings. The van der Waals surface area contributed by atoms with Crippen LogP contribution >= 0.6 is 0 Å². The third-order valence-corrected chi connectivity index (χ3v) is 3.08. The van der Waals surface area contributed by atoms with E-state index in [2.05, 4.69) is 0 Å². The molecule has 0 aromatic carbocycles. The summed E-state index contributed by atoms with van der Waals surface area (Å²) in [5.74, 6) is 0.470. The highest BCUT2D eigenvalue weighted by Gasteiger charge is 2.35. The molecule has 3 N–H and O–H groups in total. The van der Waals surface area contributed by atoms with Crippen molar-refractivity contribution in [3.8, 4) is 0 Å². The van der Waals surface area contributed by atoms with Crippen LogP contribution in [0.15, 0.2) is 0 Å². The van der Waals surface area contributed by atoms with Gasteiger partial charge in [0.15, 0.2) is 0 Å². The number of rotatable bonds is 3. The fourth-order valence-electron chi connectivity index (χ4n) is 2.06. The molecule has 2 heteroatoms. The van der Waals surface area contributed by atoms with Crippen LogP contribution in [0, 0.1) is 5.92 Å². The Morgan fingerprint density at radius 2 is 2.00 bits per heavy atom. The van der Waals surface area contributed by atoms with Crippen LogP contribution in [0.1, 0.15) is 39.0 Å². The molecule has 1 rings (SSSR count). The first-order valence-electron chi connectivity index (χ1n) is 4.65. The monoisotopic (exact) mass is 157 g/mol. The van der Waals surface area contributed by atoms with Crippen LogP contribution in [-0.4, -0.2) is 17.3 Å². The molecule has 0 aliphatic heterocycles. The average molecular weight is 157 g/mol. The number of nitrogens with two attached hydrogens (primary N) is 1. The minimum absolute atomic E-state index is 0.425. The van der Waals surface area contributed by atoms with Crippen molar-refractivity contribution in [3.63, 3.8) is 0 Å². The van der Waals surface area contributed by atoms with Gasteiger partial charge in [0, 0.05) is 6.54 Å². The van der Waals surface area contributed by atoms with Crippen LogP contribution in [-0.2, 0) is 0 Å². The Morgan fingerprint density at radius 1 is 1.45 bits per heavy atom. The molecule has 0 radical (unpaired) electrons. The van der Waals surface area contributed by atoms with Gasteiger partial charge in [-0.15, -0.1) is 0 Å². The van der Waals surface area contributed by atoms with Gasteiger partial charge in [0.1, 0.15) is 0 Å². The van der Waals surface area contributed by atoms with Crippen LogP contribution in [0.2, 0.25) is 0 Å².